The topological polar surface area (TPSA) is 51.7 Å². The zero-order valence-corrected chi connectivity index (χ0v) is 14.9. The van der Waals surface area contributed by atoms with Crippen molar-refractivity contribution in [1.29, 1.82) is 0 Å². The third-order valence-corrected chi connectivity index (χ3v) is 4.99. The minimum atomic E-state index is -0.204. The molecule has 25 heavy (non-hydrogen) atoms. The second kappa shape index (κ2) is 6.73. The van der Waals surface area contributed by atoms with Crippen LogP contribution >= 0.6 is 23.2 Å². The van der Waals surface area contributed by atoms with Crippen molar-refractivity contribution in [2.45, 2.75) is 18.9 Å². The molecule has 1 amide bonds. The molecule has 1 saturated heterocycles. The Hall–Kier alpha value is -1.98. The quantitative estimate of drug-likeness (QED) is 0.736. The summed E-state index contributed by atoms with van der Waals surface area (Å²) in [5, 5.41) is 0.560. The van der Waals surface area contributed by atoms with E-state index in [2.05, 4.69) is 4.98 Å². The number of aromatic nitrogens is 1. The molecule has 4 rings (SSSR count). The van der Waals surface area contributed by atoms with Crippen molar-refractivity contribution in [2.75, 3.05) is 19.8 Å². The summed E-state index contributed by atoms with van der Waals surface area (Å²) < 4.78 is 11.2. The molecule has 5 nitrogen and oxygen atoms in total. The molecule has 1 unspecified atom stereocenters. The molecule has 1 aromatic heterocycles. The van der Waals surface area contributed by atoms with Crippen LogP contribution < -0.4 is 9.47 Å². The first-order valence-corrected chi connectivity index (χ1v) is 8.91. The number of hydrogen-bond acceptors (Lipinski definition) is 4. The second-order valence-corrected chi connectivity index (χ2v) is 6.82. The van der Waals surface area contributed by atoms with Crippen molar-refractivity contribution in [3.05, 3.63) is 51.8 Å². The summed E-state index contributed by atoms with van der Waals surface area (Å²) in [6.07, 6.45) is 1.80. The van der Waals surface area contributed by atoms with Gasteiger partial charge in [-0.25, -0.2) is 4.98 Å². The molecule has 0 saturated carbocycles. The first kappa shape index (κ1) is 16.5. The Morgan fingerprint density at radius 1 is 1.12 bits per heavy atom. The van der Waals surface area contributed by atoms with E-state index in [0.717, 1.165) is 29.9 Å². The molecule has 0 radical (unpaired) electrons. The molecule has 130 valence electrons. The van der Waals surface area contributed by atoms with Gasteiger partial charge in [-0.15, -0.1) is 0 Å². The number of pyridine rings is 1. The molecule has 1 aromatic carbocycles. The fourth-order valence-corrected chi connectivity index (χ4v) is 3.66. The van der Waals surface area contributed by atoms with Gasteiger partial charge in [-0.05, 0) is 42.7 Å². The van der Waals surface area contributed by atoms with Gasteiger partial charge in [-0.2, -0.15) is 0 Å². The minimum Gasteiger partial charge on any atom is -0.486 e. The van der Waals surface area contributed by atoms with Crippen LogP contribution in [-0.4, -0.2) is 35.5 Å². The summed E-state index contributed by atoms with van der Waals surface area (Å²) >= 11 is 12.1. The summed E-state index contributed by atoms with van der Waals surface area (Å²) in [7, 11) is 0. The Kier molecular flexibility index (Phi) is 4.44. The molecule has 1 atom stereocenters. The van der Waals surface area contributed by atoms with E-state index in [1.54, 1.807) is 17.0 Å². The third-order valence-electron chi connectivity index (χ3n) is 4.48. The van der Waals surface area contributed by atoms with Crippen molar-refractivity contribution in [1.82, 2.24) is 9.88 Å². The van der Waals surface area contributed by atoms with E-state index in [1.807, 2.05) is 18.2 Å². The largest absolute Gasteiger partial charge is 0.486 e. The molecule has 7 heteroatoms. The summed E-state index contributed by atoms with van der Waals surface area (Å²) in [5.41, 5.74) is 1.21. The Balaban J connectivity index is 1.64. The number of carbonyl (C=O) groups is 1. The summed E-state index contributed by atoms with van der Waals surface area (Å²) in [6, 6.07) is 8.96. The monoisotopic (exact) mass is 378 g/mol. The van der Waals surface area contributed by atoms with Gasteiger partial charge < -0.3 is 14.4 Å². The number of nitrogens with zero attached hydrogens (tertiary/aromatic N) is 2. The maximum Gasteiger partial charge on any atom is 0.274 e. The molecule has 3 heterocycles. The number of amides is 1. The fourth-order valence-electron chi connectivity index (χ4n) is 3.33. The number of ether oxygens (including phenoxy) is 2. The first-order chi connectivity index (χ1) is 12.1. The van der Waals surface area contributed by atoms with Crippen LogP contribution in [0.2, 0.25) is 10.2 Å². The zero-order valence-electron chi connectivity index (χ0n) is 13.4. The lowest BCUT2D eigenvalue weighted by Crippen LogP contribution is -2.31. The number of carbonyl (C=O) groups excluding carboxylic acids is 1. The Morgan fingerprint density at radius 2 is 1.92 bits per heavy atom. The fraction of sp³-hybridized carbons (Fsp3) is 0.333. The molecule has 0 spiro atoms. The van der Waals surface area contributed by atoms with Gasteiger partial charge in [0.25, 0.3) is 5.91 Å². The Morgan fingerprint density at radius 3 is 2.76 bits per heavy atom. The molecule has 2 aromatic rings. The SMILES string of the molecule is O=C(c1nc(Cl)ccc1Cl)N1CCCC1c1ccc2c(c1)OCCO2. The Labute approximate surface area is 155 Å². The molecular weight excluding hydrogens is 363 g/mol. The van der Waals surface area contributed by atoms with Crippen LogP contribution in [-0.2, 0) is 0 Å². The van der Waals surface area contributed by atoms with Crippen LogP contribution in [0.5, 0.6) is 11.5 Å². The number of fused-ring (bicyclic) bond motifs is 1. The van der Waals surface area contributed by atoms with Gasteiger partial charge >= 0.3 is 0 Å². The summed E-state index contributed by atoms with van der Waals surface area (Å²) in [4.78, 5) is 18.9. The van der Waals surface area contributed by atoms with Gasteiger partial charge in [-0.3, -0.25) is 4.79 Å². The minimum absolute atomic E-state index is 0.0415. The smallest absolute Gasteiger partial charge is 0.274 e. The van der Waals surface area contributed by atoms with E-state index in [0.29, 0.717) is 24.8 Å². The molecule has 2 aliphatic heterocycles. The maximum atomic E-state index is 13.0. The third kappa shape index (κ3) is 3.14. The van der Waals surface area contributed by atoms with E-state index in [9.17, 15) is 4.79 Å². The molecule has 0 N–H and O–H groups in total. The maximum absolute atomic E-state index is 13.0. The van der Waals surface area contributed by atoms with Crippen LogP contribution in [0.3, 0.4) is 0 Å². The highest BCUT2D eigenvalue weighted by Crippen LogP contribution is 2.39. The predicted molar refractivity (Wildman–Crippen MR) is 94.7 cm³/mol. The number of hydrogen-bond donors (Lipinski definition) is 0. The summed E-state index contributed by atoms with van der Waals surface area (Å²) in [5.74, 6) is 1.26. The number of likely N-dealkylation sites (tertiary alicyclic amines) is 1. The number of halogens is 2. The van der Waals surface area contributed by atoms with E-state index < -0.39 is 0 Å². The van der Waals surface area contributed by atoms with Crippen LogP contribution in [0.15, 0.2) is 30.3 Å². The predicted octanol–water partition coefficient (Wildman–Crippen LogP) is 4.14. The average molecular weight is 379 g/mol. The van der Waals surface area contributed by atoms with E-state index in [-0.39, 0.29) is 22.8 Å². The first-order valence-electron chi connectivity index (χ1n) is 8.16. The second-order valence-electron chi connectivity index (χ2n) is 6.02. The van der Waals surface area contributed by atoms with Gasteiger partial charge in [0.15, 0.2) is 11.5 Å². The highest BCUT2D eigenvalue weighted by atomic mass is 35.5. The lowest BCUT2D eigenvalue weighted by Gasteiger charge is -2.26. The van der Waals surface area contributed by atoms with Gasteiger partial charge in [0, 0.05) is 6.54 Å². The van der Waals surface area contributed by atoms with Gasteiger partial charge in [0.05, 0.1) is 11.1 Å². The Bertz CT molecular complexity index is 828. The highest BCUT2D eigenvalue weighted by molar-refractivity contribution is 6.34. The van der Waals surface area contributed by atoms with E-state index in [1.165, 1.54) is 0 Å². The molecular formula is C18H16Cl2N2O3. The van der Waals surface area contributed by atoms with Gasteiger partial charge in [-0.1, -0.05) is 29.3 Å². The number of rotatable bonds is 2. The highest BCUT2D eigenvalue weighted by Gasteiger charge is 2.33. The van der Waals surface area contributed by atoms with Crippen molar-refractivity contribution < 1.29 is 14.3 Å². The van der Waals surface area contributed by atoms with Crippen molar-refractivity contribution in [3.63, 3.8) is 0 Å². The zero-order chi connectivity index (χ0) is 17.4. The standard InChI is InChI=1S/C18H16Cl2N2O3/c19-12-4-6-16(20)21-17(12)18(23)22-7-1-2-13(22)11-3-5-14-15(10-11)25-9-8-24-14/h3-6,10,13H,1-2,7-9H2. The van der Waals surface area contributed by atoms with Crippen molar-refractivity contribution in [3.8, 4) is 11.5 Å². The van der Waals surface area contributed by atoms with E-state index in [4.69, 9.17) is 32.7 Å². The van der Waals surface area contributed by atoms with Crippen LogP contribution in [0.25, 0.3) is 0 Å². The van der Waals surface area contributed by atoms with Crippen LogP contribution in [0, 0.1) is 0 Å². The summed E-state index contributed by atoms with van der Waals surface area (Å²) in [6.45, 7) is 1.74. The van der Waals surface area contributed by atoms with Crippen LogP contribution in [0.1, 0.15) is 34.9 Å². The number of benzene rings is 1. The molecule has 1 fully saturated rings. The van der Waals surface area contributed by atoms with Crippen molar-refractivity contribution in [2.24, 2.45) is 0 Å². The van der Waals surface area contributed by atoms with Gasteiger partial charge in [0.1, 0.15) is 24.1 Å². The lowest BCUT2D eigenvalue weighted by atomic mass is 10.0. The van der Waals surface area contributed by atoms with Crippen LogP contribution in [0.4, 0.5) is 0 Å². The van der Waals surface area contributed by atoms with E-state index >= 15 is 0 Å². The molecule has 0 aliphatic carbocycles. The normalized spacial score (nSPS) is 19.1. The molecule has 2 aliphatic rings. The van der Waals surface area contributed by atoms with Gasteiger partial charge in [0.2, 0.25) is 0 Å². The van der Waals surface area contributed by atoms with Crippen molar-refractivity contribution >= 4 is 29.1 Å². The lowest BCUT2D eigenvalue weighted by molar-refractivity contribution is 0.0729. The average Bonchev–Trinajstić information content (AvgIpc) is 3.12. The molecule has 0 bridgehead atoms.